The zero-order valence-electron chi connectivity index (χ0n) is 18.6. The van der Waals surface area contributed by atoms with Crippen LogP contribution in [-0.4, -0.2) is 47.1 Å². The molecule has 0 spiro atoms. The van der Waals surface area contributed by atoms with E-state index in [1.54, 1.807) is 13.2 Å². The van der Waals surface area contributed by atoms with Crippen molar-refractivity contribution in [2.45, 2.75) is 32.7 Å². The number of hydrogen-bond donors (Lipinski definition) is 1. The number of allylic oxidation sites excluding steroid dienone is 1. The molecule has 0 saturated carbocycles. The van der Waals surface area contributed by atoms with Gasteiger partial charge in [-0.15, -0.1) is 0 Å². The van der Waals surface area contributed by atoms with Gasteiger partial charge in [0.05, 0.1) is 12.7 Å². The normalized spacial score (nSPS) is 17.7. The van der Waals surface area contributed by atoms with E-state index in [-0.39, 0.29) is 17.3 Å². The molecule has 0 atom stereocenters. The van der Waals surface area contributed by atoms with Crippen LogP contribution in [0.1, 0.15) is 40.9 Å². The van der Waals surface area contributed by atoms with Gasteiger partial charge in [-0.3, -0.25) is 4.79 Å². The van der Waals surface area contributed by atoms with Crippen molar-refractivity contribution in [2.75, 3.05) is 26.7 Å². The molecule has 1 fully saturated rings. The number of ether oxygens (including phenoxy) is 2. The molecule has 0 unspecified atom stereocenters. The minimum atomic E-state index is -0.170. The summed E-state index contributed by atoms with van der Waals surface area (Å²) >= 11 is 0. The molecule has 0 bridgehead atoms. The Morgan fingerprint density at radius 1 is 1.09 bits per heavy atom. The van der Waals surface area contributed by atoms with E-state index in [9.17, 15) is 9.90 Å². The quantitative estimate of drug-likeness (QED) is 0.589. The van der Waals surface area contributed by atoms with Crippen molar-refractivity contribution in [1.29, 1.82) is 0 Å². The third-order valence-corrected chi connectivity index (χ3v) is 6.60. The van der Waals surface area contributed by atoms with E-state index in [1.807, 2.05) is 18.2 Å². The van der Waals surface area contributed by atoms with Gasteiger partial charge in [0.25, 0.3) is 0 Å². The molecule has 32 heavy (non-hydrogen) atoms. The van der Waals surface area contributed by atoms with Crippen LogP contribution in [0.4, 0.5) is 0 Å². The summed E-state index contributed by atoms with van der Waals surface area (Å²) in [5, 5.41) is 10.8. The maximum Gasteiger partial charge on any atom is 0.231 e. The van der Waals surface area contributed by atoms with Gasteiger partial charge in [-0.05, 0) is 69.3 Å². The number of carbonyl (C=O) groups is 1. The second-order valence-electron chi connectivity index (χ2n) is 8.56. The third kappa shape index (κ3) is 3.65. The first-order chi connectivity index (χ1) is 15.5. The minimum Gasteiger partial charge on any atom is -0.508 e. The molecular weight excluding hydrogens is 404 g/mol. The molecule has 3 aromatic rings. The van der Waals surface area contributed by atoms with Crippen LogP contribution < -0.4 is 9.47 Å². The van der Waals surface area contributed by atoms with E-state index in [0.29, 0.717) is 11.3 Å². The number of methoxy groups -OCH3 is 1. The third-order valence-electron chi connectivity index (χ3n) is 6.60. The summed E-state index contributed by atoms with van der Waals surface area (Å²) < 4.78 is 13.6. The van der Waals surface area contributed by atoms with Crippen molar-refractivity contribution in [3.8, 4) is 17.2 Å². The second-order valence-corrected chi connectivity index (χ2v) is 8.56. The Hall–Kier alpha value is -3.25. The van der Waals surface area contributed by atoms with Gasteiger partial charge in [-0.25, -0.2) is 0 Å². The van der Waals surface area contributed by atoms with Crippen molar-refractivity contribution < 1.29 is 19.4 Å². The molecule has 0 radical (unpaired) electrons. The van der Waals surface area contributed by atoms with Crippen LogP contribution in [0.25, 0.3) is 17.0 Å². The Morgan fingerprint density at radius 2 is 1.91 bits per heavy atom. The van der Waals surface area contributed by atoms with Crippen LogP contribution in [-0.2, 0) is 6.54 Å². The van der Waals surface area contributed by atoms with Gasteiger partial charge < -0.3 is 24.0 Å². The van der Waals surface area contributed by atoms with E-state index in [1.165, 1.54) is 31.4 Å². The van der Waals surface area contributed by atoms with Gasteiger partial charge in [0, 0.05) is 41.3 Å². The first kappa shape index (κ1) is 20.6. The number of likely N-dealkylation sites (tertiary alicyclic amines) is 1. The van der Waals surface area contributed by atoms with Crippen LogP contribution >= 0.6 is 0 Å². The standard InChI is InChI=1S/C26H28N2O4/c1-17-21(16-25-26(30)20-8-6-18(29)14-24(20)32-25)22-15-19(31-2)7-9-23(22)28(17)13-12-27-10-4-3-5-11-27/h6-9,14-16,29H,3-5,10-13H2,1-2H3. The first-order valence-electron chi connectivity index (χ1n) is 11.2. The van der Waals surface area contributed by atoms with Gasteiger partial charge in [0.2, 0.25) is 5.78 Å². The molecule has 166 valence electrons. The number of Topliss-reactive ketones (excluding diaryl/α,β-unsaturated/α-hetero) is 1. The van der Waals surface area contributed by atoms with E-state index in [0.717, 1.165) is 54.1 Å². The molecule has 0 aliphatic carbocycles. The molecule has 1 N–H and O–H groups in total. The molecule has 1 saturated heterocycles. The predicted molar refractivity (Wildman–Crippen MR) is 125 cm³/mol. The molecule has 2 aliphatic heterocycles. The Kier molecular flexibility index (Phi) is 5.39. The lowest BCUT2D eigenvalue weighted by Gasteiger charge is -2.26. The largest absolute Gasteiger partial charge is 0.508 e. The zero-order valence-corrected chi connectivity index (χ0v) is 18.6. The van der Waals surface area contributed by atoms with Gasteiger partial charge in [-0.2, -0.15) is 0 Å². The van der Waals surface area contributed by atoms with E-state index in [2.05, 4.69) is 22.5 Å². The molecule has 2 aliphatic rings. The Labute approximate surface area is 187 Å². The monoisotopic (exact) mass is 432 g/mol. The summed E-state index contributed by atoms with van der Waals surface area (Å²) in [4.78, 5) is 15.4. The number of phenolic OH excluding ortho intramolecular Hbond substituents is 1. The fourth-order valence-electron chi connectivity index (χ4n) is 4.82. The van der Waals surface area contributed by atoms with Crippen LogP contribution in [0.2, 0.25) is 0 Å². The predicted octanol–water partition coefficient (Wildman–Crippen LogP) is 4.77. The number of hydrogen-bond acceptors (Lipinski definition) is 5. The second kappa shape index (κ2) is 8.36. The summed E-state index contributed by atoms with van der Waals surface area (Å²) in [5.41, 5.74) is 3.64. The van der Waals surface area contributed by atoms with E-state index < -0.39 is 0 Å². The van der Waals surface area contributed by atoms with E-state index in [4.69, 9.17) is 9.47 Å². The average molecular weight is 433 g/mol. The summed E-state index contributed by atoms with van der Waals surface area (Å²) in [5.74, 6) is 1.35. The number of aromatic nitrogens is 1. The number of nitrogens with zero attached hydrogens (tertiary/aromatic N) is 2. The topological polar surface area (TPSA) is 63.9 Å². The van der Waals surface area contributed by atoms with Crippen molar-refractivity contribution in [3.05, 3.63) is 59.0 Å². The highest BCUT2D eigenvalue weighted by Gasteiger charge is 2.28. The highest BCUT2D eigenvalue weighted by atomic mass is 16.5. The lowest BCUT2D eigenvalue weighted by atomic mass is 10.1. The molecule has 6 nitrogen and oxygen atoms in total. The van der Waals surface area contributed by atoms with Crippen LogP contribution in [0.15, 0.2) is 42.2 Å². The maximum atomic E-state index is 12.9. The number of ketones is 1. The lowest BCUT2D eigenvalue weighted by Crippen LogP contribution is -2.32. The van der Waals surface area contributed by atoms with Gasteiger partial charge in [0.15, 0.2) is 5.76 Å². The molecule has 2 aromatic carbocycles. The Balaban J connectivity index is 1.54. The van der Waals surface area contributed by atoms with Crippen LogP contribution in [0, 0.1) is 6.92 Å². The van der Waals surface area contributed by atoms with Crippen LogP contribution in [0.3, 0.4) is 0 Å². The zero-order chi connectivity index (χ0) is 22.2. The number of fused-ring (bicyclic) bond motifs is 2. The highest BCUT2D eigenvalue weighted by molar-refractivity contribution is 6.15. The number of piperidine rings is 1. The van der Waals surface area contributed by atoms with Gasteiger partial charge >= 0.3 is 0 Å². The molecule has 5 rings (SSSR count). The lowest BCUT2D eigenvalue weighted by molar-refractivity contribution is 0.101. The minimum absolute atomic E-state index is 0.0769. The van der Waals surface area contributed by atoms with Crippen molar-refractivity contribution in [1.82, 2.24) is 9.47 Å². The number of benzene rings is 2. The van der Waals surface area contributed by atoms with Gasteiger partial charge in [0.1, 0.15) is 17.2 Å². The average Bonchev–Trinajstić information content (AvgIpc) is 3.25. The summed E-state index contributed by atoms with van der Waals surface area (Å²) in [7, 11) is 1.66. The molecule has 6 heteroatoms. The Bertz CT molecular complexity index is 1220. The molecule has 0 amide bonds. The number of rotatable bonds is 5. The fourth-order valence-corrected chi connectivity index (χ4v) is 4.82. The fraction of sp³-hybridized carbons (Fsp3) is 0.346. The molecular formula is C26H28N2O4. The molecule has 1 aromatic heterocycles. The smallest absolute Gasteiger partial charge is 0.231 e. The number of aromatic hydroxyl groups is 1. The Morgan fingerprint density at radius 3 is 2.69 bits per heavy atom. The van der Waals surface area contributed by atoms with Crippen molar-refractivity contribution >= 4 is 22.8 Å². The van der Waals surface area contributed by atoms with Gasteiger partial charge in [-0.1, -0.05) is 6.42 Å². The van der Waals surface area contributed by atoms with Crippen molar-refractivity contribution in [2.24, 2.45) is 0 Å². The first-order valence-corrected chi connectivity index (χ1v) is 11.2. The summed E-state index contributed by atoms with van der Waals surface area (Å²) in [6.45, 7) is 6.31. The summed E-state index contributed by atoms with van der Waals surface area (Å²) in [6, 6.07) is 10.7. The summed E-state index contributed by atoms with van der Waals surface area (Å²) in [6.07, 6.45) is 5.70. The SMILES string of the molecule is COc1ccc2c(c1)c(C=C1Oc3cc(O)ccc3C1=O)c(C)n2CCN1CCCCC1. The van der Waals surface area contributed by atoms with E-state index >= 15 is 0 Å². The molecule has 3 heterocycles. The van der Waals surface area contributed by atoms with Crippen LogP contribution in [0.5, 0.6) is 17.2 Å². The van der Waals surface area contributed by atoms with Crippen molar-refractivity contribution in [3.63, 3.8) is 0 Å². The number of carbonyl (C=O) groups excluding carboxylic acids is 1. The maximum absolute atomic E-state index is 12.9. The highest BCUT2D eigenvalue weighted by Crippen LogP contribution is 2.37. The number of phenols is 1.